The molecule has 0 aliphatic carbocycles. The van der Waals surface area contributed by atoms with Crippen LogP contribution in [0.5, 0.6) is 0 Å². The molecule has 0 aromatic heterocycles. The molecule has 11 heavy (non-hydrogen) atoms. The van der Waals surface area contributed by atoms with Crippen molar-refractivity contribution in [2.24, 2.45) is 5.41 Å². The van der Waals surface area contributed by atoms with E-state index in [4.69, 9.17) is 0 Å². The average molecular weight is 156 g/mol. The Morgan fingerprint density at radius 3 is 2.64 bits per heavy atom. The van der Waals surface area contributed by atoms with Crippen molar-refractivity contribution in [2.45, 2.75) is 39.8 Å². The lowest BCUT2D eigenvalue weighted by Crippen LogP contribution is -2.41. The first-order valence-corrected chi connectivity index (χ1v) is 4.55. The van der Waals surface area contributed by atoms with Crippen molar-refractivity contribution in [3.8, 4) is 0 Å². The zero-order valence-electron chi connectivity index (χ0n) is 7.91. The van der Waals surface area contributed by atoms with E-state index in [2.05, 4.69) is 31.4 Å². The van der Waals surface area contributed by atoms with Crippen molar-refractivity contribution in [1.29, 1.82) is 0 Å². The Bertz CT molecular complexity index is 109. The average Bonchev–Trinajstić information content (AvgIpc) is 2.32. The highest BCUT2D eigenvalue weighted by Crippen LogP contribution is 2.11. The second-order valence-electron chi connectivity index (χ2n) is 4.59. The molecular formula is C9H20N2. The van der Waals surface area contributed by atoms with Crippen LogP contribution in [-0.4, -0.2) is 19.3 Å². The van der Waals surface area contributed by atoms with Crippen LogP contribution in [0.3, 0.4) is 0 Å². The van der Waals surface area contributed by atoms with E-state index in [1.54, 1.807) is 0 Å². The van der Waals surface area contributed by atoms with Gasteiger partial charge in [0.05, 0.1) is 6.17 Å². The molecule has 2 nitrogen and oxygen atoms in total. The number of nitrogens with one attached hydrogen (secondary N) is 2. The van der Waals surface area contributed by atoms with Crippen LogP contribution in [0.4, 0.5) is 0 Å². The van der Waals surface area contributed by atoms with Gasteiger partial charge >= 0.3 is 0 Å². The fourth-order valence-corrected chi connectivity index (χ4v) is 1.29. The lowest BCUT2D eigenvalue weighted by molar-refractivity contribution is 0.341. The van der Waals surface area contributed by atoms with Gasteiger partial charge in [0, 0.05) is 6.54 Å². The lowest BCUT2D eigenvalue weighted by Gasteiger charge is -2.22. The molecule has 1 heterocycles. The minimum atomic E-state index is 0.407. The first kappa shape index (κ1) is 9.01. The molecule has 66 valence electrons. The molecular weight excluding hydrogens is 136 g/mol. The van der Waals surface area contributed by atoms with Gasteiger partial charge in [-0.1, -0.05) is 20.8 Å². The summed E-state index contributed by atoms with van der Waals surface area (Å²) in [5, 5.41) is 6.93. The molecule has 1 rings (SSSR count). The van der Waals surface area contributed by atoms with Gasteiger partial charge in [0.25, 0.3) is 0 Å². The van der Waals surface area contributed by atoms with E-state index in [-0.39, 0.29) is 0 Å². The first-order valence-electron chi connectivity index (χ1n) is 4.55. The van der Waals surface area contributed by atoms with Gasteiger partial charge < -0.3 is 10.6 Å². The first-order chi connectivity index (χ1) is 5.08. The molecule has 1 saturated heterocycles. The van der Waals surface area contributed by atoms with E-state index in [0.29, 0.717) is 11.6 Å². The highest BCUT2D eigenvalue weighted by Gasteiger charge is 2.16. The highest BCUT2D eigenvalue weighted by molar-refractivity contribution is 4.74. The van der Waals surface area contributed by atoms with Crippen molar-refractivity contribution in [1.82, 2.24) is 10.6 Å². The zero-order valence-corrected chi connectivity index (χ0v) is 7.91. The Balaban J connectivity index is 2.11. The monoisotopic (exact) mass is 156 g/mol. The van der Waals surface area contributed by atoms with Crippen molar-refractivity contribution in [3.05, 3.63) is 0 Å². The summed E-state index contributed by atoms with van der Waals surface area (Å²) in [6, 6.07) is 0. The van der Waals surface area contributed by atoms with Gasteiger partial charge in [-0.25, -0.2) is 0 Å². The van der Waals surface area contributed by atoms with Crippen molar-refractivity contribution in [3.63, 3.8) is 0 Å². The predicted octanol–water partition coefficient (Wildman–Crippen LogP) is 1.33. The van der Waals surface area contributed by atoms with Crippen LogP contribution in [0.15, 0.2) is 0 Å². The summed E-state index contributed by atoms with van der Waals surface area (Å²) in [5.41, 5.74) is 0.407. The summed E-state index contributed by atoms with van der Waals surface area (Å²) in [6.07, 6.45) is 3.19. The zero-order chi connectivity index (χ0) is 8.32. The maximum atomic E-state index is 3.51. The smallest absolute Gasteiger partial charge is 0.0572 e. The molecule has 0 amide bonds. The summed E-state index contributed by atoms with van der Waals surface area (Å²) in [7, 11) is 0. The summed E-state index contributed by atoms with van der Waals surface area (Å²) in [4.78, 5) is 0. The SMILES string of the molecule is CC(C)(C)CNC1CCCN1. The molecule has 1 aliphatic rings. The van der Waals surface area contributed by atoms with Gasteiger partial charge in [-0.15, -0.1) is 0 Å². The highest BCUT2D eigenvalue weighted by atomic mass is 15.1. The molecule has 0 saturated carbocycles. The maximum Gasteiger partial charge on any atom is 0.0572 e. The van der Waals surface area contributed by atoms with Crippen LogP contribution >= 0.6 is 0 Å². The van der Waals surface area contributed by atoms with Crippen LogP contribution < -0.4 is 10.6 Å². The third kappa shape index (κ3) is 3.73. The van der Waals surface area contributed by atoms with E-state index in [1.807, 2.05) is 0 Å². The fourth-order valence-electron chi connectivity index (χ4n) is 1.29. The summed E-state index contributed by atoms with van der Waals surface area (Å²) < 4.78 is 0. The van der Waals surface area contributed by atoms with E-state index >= 15 is 0 Å². The molecule has 1 fully saturated rings. The molecule has 0 spiro atoms. The second kappa shape index (κ2) is 3.55. The molecule has 1 atom stereocenters. The maximum absolute atomic E-state index is 3.51. The second-order valence-corrected chi connectivity index (χ2v) is 4.59. The molecule has 1 unspecified atom stereocenters. The molecule has 2 heteroatoms. The molecule has 2 N–H and O–H groups in total. The summed E-state index contributed by atoms with van der Waals surface area (Å²) >= 11 is 0. The predicted molar refractivity (Wildman–Crippen MR) is 48.5 cm³/mol. The number of hydrogen-bond donors (Lipinski definition) is 2. The van der Waals surface area contributed by atoms with Crippen molar-refractivity contribution >= 4 is 0 Å². The molecule has 0 aromatic rings. The third-order valence-corrected chi connectivity index (χ3v) is 1.94. The topological polar surface area (TPSA) is 24.1 Å². The Labute approximate surface area is 69.8 Å². The van der Waals surface area contributed by atoms with Gasteiger partial charge in [0.2, 0.25) is 0 Å². The van der Waals surface area contributed by atoms with Crippen molar-refractivity contribution < 1.29 is 0 Å². The molecule has 0 aromatic carbocycles. The Hall–Kier alpha value is -0.0800. The van der Waals surface area contributed by atoms with Crippen LogP contribution in [0.2, 0.25) is 0 Å². The Kier molecular flexibility index (Phi) is 2.90. The van der Waals surface area contributed by atoms with Gasteiger partial charge in [0.15, 0.2) is 0 Å². The number of hydrogen-bond acceptors (Lipinski definition) is 2. The minimum absolute atomic E-state index is 0.407. The Morgan fingerprint density at radius 2 is 2.18 bits per heavy atom. The van der Waals surface area contributed by atoms with Gasteiger partial charge in [0.1, 0.15) is 0 Å². The summed E-state index contributed by atoms with van der Waals surface area (Å²) in [5.74, 6) is 0. The fraction of sp³-hybridized carbons (Fsp3) is 1.00. The van der Waals surface area contributed by atoms with Gasteiger partial charge in [-0.2, -0.15) is 0 Å². The summed E-state index contributed by atoms with van der Waals surface area (Å²) in [6.45, 7) is 9.06. The van der Waals surface area contributed by atoms with E-state index in [0.717, 1.165) is 6.54 Å². The quantitative estimate of drug-likeness (QED) is 0.630. The van der Waals surface area contributed by atoms with Crippen LogP contribution in [0.1, 0.15) is 33.6 Å². The van der Waals surface area contributed by atoms with E-state index in [1.165, 1.54) is 19.4 Å². The molecule has 0 radical (unpaired) electrons. The van der Waals surface area contributed by atoms with Gasteiger partial charge in [-0.3, -0.25) is 0 Å². The van der Waals surface area contributed by atoms with Gasteiger partial charge in [-0.05, 0) is 24.8 Å². The van der Waals surface area contributed by atoms with Crippen LogP contribution in [-0.2, 0) is 0 Å². The molecule has 0 bridgehead atoms. The Morgan fingerprint density at radius 1 is 1.45 bits per heavy atom. The standard InChI is InChI=1S/C9H20N2/c1-9(2,3)7-11-8-5-4-6-10-8/h8,10-11H,4-7H2,1-3H3. The molecule has 1 aliphatic heterocycles. The van der Waals surface area contributed by atoms with Crippen LogP contribution in [0, 0.1) is 5.41 Å². The van der Waals surface area contributed by atoms with E-state index in [9.17, 15) is 0 Å². The van der Waals surface area contributed by atoms with Crippen molar-refractivity contribution in [2.75, 3.05) is 13.1 Å². The van der Waals surface area contributed by atoms with Crippen LogP contribution in [0.25, 0.3) is 0 Å². The lowest BCUT2D eigenvalue weighted by atomic mass is 9.97. The minimum Gasteiger partial charge on any atom is -0.302 e. The van der Waals surface area contributed by atoms with E-state index < -0.39 is 0 Å². The largest absolute Gasteiger partial charge is 0.302 e. The normalized spacial score (nSPS) is 25.9. The number of rotatable bonds is 2. The third-order valence-electron chi connectivity index (χ3n) is 1.94.